The molecule has 2 aromatic heterocycles. The Morgan fingerprint density at radius 1 is 1.08 bits per heavy atom. The first-order valence-electron chi connectivity index (χ1n) is 16.0. The molecular weight excluding hydrogens is 629 g/mol. The Kier molecular flexibility index (Phi) is 8.82. The lowest BCUT2D eigenvalue weighted by Gasteiger charge is -2.32. The molecular formula is C35H36N8O4S. The molecule has 1 saturated heterocycles. The maximum Gasteiger partial charge on any atom is 0.317 e. The van der Waals surface area contributed by atoms with Gasteiger partial charge in [-0.1, -0.05) is 36.0 Å². The fraction of sp³-hybridized carbons (Fsp3) is 0.314. The zero-order valence-electron chi connectivity index (χ0n) is 26.5. The zero-order valence-corrected chi connectivity index (χ0v) is 27.3. The third kappa shape index (κ3) is 6.36. The number of likely N-dealkylation sites (tertiary alicyclic amines) is 1. The highest BCUT2D eigenvalue weighted by atomic mass is 32.2. The molecule has 0 bridgehead atoms. The van der Waals surface area contributed by atoms with E-state index in [0.717, 1.165) is 62.9 Å². The van der Waals surface area contributed by atoms with Gasteiger partial charge in [0, 0.05) is 60.6 Å². The first kappa shape index (κ1) is 31.7. The molecule has 2 aromatic carbocycles. The molecule has 13 heteroatoms. The number of nitrogens with two attached hydrogens (primary N) is 1. The van der Waals surface area contributed by atoms with E-state index in [-0.39, 0.29) is 30.3 Å². The first-order chi connectivity index (χ1) is 23.2. The van der Waals surface area contributed by atoms with Gasteiger partial charge >= 0.3 is 5.97 Å². The van der Waals surface area contributed by atoms with E-state index in [4.69, 9.17) is 10.7 Å². The Labute approximate surface area is 281 Å². The number of nitrogens with one attached hydrogen (secondary N) is 2. The summed E-state index contributed by atoms with van der Waals surface area (Å²) >= 11 is 1.49. The number of carbonyl (C=O) groups excluding carboxylic acids is 2. The van der Waals surface area contributed by atoms with E-state index in [2.05, 4.69) is 39.7 Å². The van der Waals surface area contributed by atoms with Crippen molar-refractivity contribution in [1.82, 2.24) is 20.2 Å². The summed E-state index contributed by atoms with van der Waals surface area (Å²) in [5.74, 6) is -0.684. The number of hydrogen-bond acceptors (Lipinski definition) is 10. The maximum atomic E-state index is 13.8. The average molecular weight is 665 g/mol. The number of rotatable bonds is 10. The van der Waals surface area contributed by atoms with Gasteiger partial charge in [-0.15, -0.1) is 0 Å². The number of nitrogens with zero attached hydrogens (tertiary/aromatic N) is 5. The summed E-state index contributed by atoms with van der Waals surface area (Å²) in [6.07, 6.45) is 5.00. The van der Waals surface area contributed by atoms with Gasteiger partial charge in [-0.25, -0.2) is 4.98 Å². The number of primary amides is 1. The number of aromatic nitrogens is 2. The second kappa shape index (κ2) is 13.3. The van der Waals surface area contributed by atoms with Crippen molar-refractivity contribution in [3.05, 3.63) is 77.6 Å². The molecule has 1 fully saturated rings. The van der Waals surface area contributed by atoms with Crippen LogP contribution in [0.25, 0.3) is 22.0 Å². The SMILES string of the molecule is Cc1c(Nc2nccc3cc(CNCC(N)=O)cnc23)cccc1-c1cccc2c1CCN2C(=O)C1=NC2CCN(CC(=O)O)CC2S1. The van der Waals surface area contributed by atoms with Crippen LogP contribution in [-0.2, 0) is 27.3 Å². The number of piperidine rings is 1. The van der Waals surface area contributed by atoms with E-state index >= 15 is 0 Å². The first-order valence-corrected chi connectivity index (χ1v) is 16.8. The van der Waals surface area contributed by atoms with Crippen molar-refractivity contribution in [3.63, 3.8) is 0 Å². The molecule has 0 aliphatic carbocycles. The largest absolute Gasteiger partial charge is 0.480 e. The minimum atomic E-state index is -0.834. The van der Waals surface area contributed by atoms with Crippen LogP contribution >= 0.6 is 11.8 Å². The summed E-state index contributed by atoms with van der Waals surface area (Å²) in [5, 5.41) is 17.3. The average Bonchev–Trinajstić information content (AvgIpc) is 3.70. The Morgan fingerprint density at radius 2 is 1.92 bits per heavy atom. The molecule has 3 aliphatic heterocycles. The molecule has 0 saturated carbocycles. The van der Waals surface area contributed by atoms with Crippen LogP contribution in [0.1, 0.15) is 23.1 Å². The second-order valence-electron chi connectivity index (χ2n) is 12.3. The van der Waals surface area contributed by atoms with E-state index in [0.29, 0.717) is 37.0 Å². The fourth-order valence-corrected chi connectivity index (χ4v) is 8.16. The van der Waals surface area contributed by atoms with Crippen LogP contribution < -0.4 is 21.3 Å². The van der Waals surface area contributed by atoms with Gasteiger partial charge in [0.25, 0.3) is 5.91 Å². The summed E-state index contributed by atoms with van der Waals surface area (Å²) in [6.45, 7) is 4.54. The quantitative estimate of drug-likeness (QED) is 0.197. The molecule has 5 heterocycles. The number of benzene rings is 2. The van der Waals surface area contributed by atoms with Crippen molar-refractivity contribution < 1.29 is 19.5 Å². The molecule has 2 atom stereocenters. The highest BCUT2D eigenvalue weighted by Crippen LogP contribution is 2.41. The Hall–Kier alpha value is -4.85. The summed E-state index contributed by atoms with van der Waals surface area (Å²) in [4.78, 5) is 54.0. The number of thioether (sulfide) groups is 1. The predicted octanol–water partition coefficient (Wildman–Crippen LogP) is 3.49. The number of amides is 2. The topological polar surface area (TPSA) is 166 Å². The van der Waals surface area contributed by atoms with Crippen LogP contribution in [0.2, 0.25) is 0 Å². The molecule has 4 aromatic rings. The number of pyridine rings is 2. The Balaban J connectivity index is 1.10. The second-order valence-corrected chi connectivity index (χ2v) is 13.6. The predicted molar refractivity (Wildman–Crippen MR) is 188 cm³/mol. The standard InChI is InChI=1S/C35H36N8O4S/c1-20-23(4-2-6-26(20)40-33-32-22(8-11-38-33)14-21(16-39-32)15-37-17-30(36)44)24-5-3-7-28-25(24)9-13-43(28)35(47)34-41-27-10-12-42(19-31(45)46)18-29(27)48-34/h2-8,11,14,16,27,29,37H,9-10,12-13,15,17-19H2,1H3,(H2,36,44)(H,38,40)(H,45,46). The number of carbonyl (C=O) groups is 3. The van der Waals surface area contributed by atoms with Gasteiger partial charge in [0.05, 0.1) is 19.1 Å². The number of anilines is 3. The number of fused-ring (bicyclic) bond motifs is 3. The fourth-order valence-electron chi connectivity index (χ4n) is 6.82. The smallest absolute Gasteiger partial charge is 0.317 e. The maximum absolute atomic E-state index is 13.8. The highest BCUT2D eigenvalue weighted by Gasteiger charge is 2.40. The molecule has 5 N–H and O–H groups in total. The molecule has 3 aliphatic rings. The Bertz CT molecular complexity index is 1970. The van der Waals surface area contributed by atoms with E-state index in [9.17, 15) is 19.5 Å². The third-order valence-electron chi connectivity index (χ3n) is 9.13. The van der Waals surface area contributed by atoms with Gasteiger partial charge in [-0.3, -0.25) is 29.3 Å². The van der Waals surface area contributed by atoms with Crippen LogP contribution in [0.3, 0.4) is 0 Å². The molecule has 2 amide bonds. The number of hydrogen-bond donors (Lipinski definition) is 4. The molecule has 48 heavy (non-hydrogen) atoms. The molecule has 0 radical (unpaired) electrons. The lowest BCUT2D eigenvalue weighted by Crippen LogP contribution is -2.45. The van der Waals surface area contributed by atoms with Gasteiger partial charge in [-0.05, 0) is 71.8 Å². The number of aliphatic imine (C=N–C) groups is 1. The van der Waals surface area contributed by atoms with E-state index in [1.54, 1.807) is 12.4 Å². The monoisotopic (exact) mass is 664 g/mol. The minimum absolute atomic E-state index is 0.0143. The number of aliphatic carboxylic acids is 1. The van der Waals surface area contributed by atoms with Crippen LogP contribution in [-0.4, -0.2) is 86.8 Å². The van der Waals surface area contributed by atoms with Crippen molar-refractivity contribution in [2.24, 2.45) is 10.7 Å². The van der Waals surface area contributed by atoms with Crippen molar-refractivity contribution in [1.29, 1.82) is 0 Å². The van der Waals surface area contributed by atoms with Gasteiger partial charge in [-0.2, -0.15) is 0 Å². The van der Waals surface area contributed by atoms with Crippen molar-refractivity contribution in [3.8, 4) is 11.1 Å². The summed E-state index contributed by atoms with van der Waals surface area (Å²) in [5.41, 5.74) is 13.0. The van der Waals surface area contributed by atoms with E-state index in [1.807, 2.05) is 46.2 Å². The molecule has 246 valence electrons. The van der Waals surface area contributed by atoms with Crippen LogP contribution in [0.4, 0.5) is 17.2 Å². The molecule has 12 nitrogen and oxygen atoms in total. The normalized spacial score (nSPS) is 18.8. The van der Waals surface area contributed by atoms with Crippen molar-refractivity contribution in [2.75, 3.05) is 42.9 Å². The molecule has 2 unspecified atom stereocenters. The van der Waals surface area contributed by atoms with E-state index < -0.39 is 11.9 Å². The van der Waals surface area contributed by atoms with Crippen LogP contribution in [0.5, 0.6) is 0 Å². The minimum Gasteiger partial charge on any atom is -0.480 e. The molecule has 0 spiro atoms. The van der Waals surface area contributed by atoms with Crippen molar-refractivity contribution >= 4 is 62.7 Å². The van der Waals surface area contributed by atoms with Crippen molar-refractivity contribution in [2.45, 2.75) is 37.6 Å². The van der Waals surface area contributed by atoms with Gasteiger partial charge in [0.15, 0.2) is 10.9 Å². The zero-order chi connectivity index (χ0) is 33.4. The van der Waals surface area contributed by atoms with Gasteiger partial charge in [0.1, 0.15) is 5.52 Å². The van der Waals surface area contributed by atoms with Crippen LogP contribution in [0.15, 0.2) is 65.9 Å². The Morgan fingerprint density at radius 3 is 2.75 bits per heavy atom. The van der Waals surface area contributed by atoms with E-state index in [1.165, 1.54) is 11.8 Å². The summed E-state index contributed by atoms with van der Waals surface area (Å²) in [6, 6.07) is 16.2. The third-order valence-corrected chi connectivity index (χ3v) is 10.4. The highest BCUT2D eigenvalue weighted by molar-refractivity contribution is 8.16. The lowest BCUT2D eigenvalue weighted by atomic mass is 9.93. The summed E-state index contributed by atoms with van der Waals surface area (Å²) < 4.78 is 0. The van der Waals surface area contributed by atoms with Crippen LogP contribution in [0, 0.1) is 6.92 Å². The lowest BCUT2D eigenvalue weighted by molar-refractivity contribution is -0.138. The summed E-state index contributed by atoms with van der Waals surface area (Å²) in [7, 11) is 0. The number of carboxylic acids is 1. The van der Waals surface area contributed by atoms with Gasteiger partial charge in [0.2, 0.25) is 5.91 Å². The number of carboxylic acid groups (broad SMARTS) is 1. The van der Waals surface area contributed by atoms with Gasteiger partial charge < -0.3 is 26.4 Å². The molecule has 7 rings (SSSR count).